The van der Waals surface area contributed by atoms with Gasteiger partial charge in [0.1, 0.15) is 11.3 Å². The van der Waals surface area contributed by atoms with Crippen LogP contribution in [0.15, 0.2) is 30.5 Å². The molecule has 0 saturated heterocycles. The standard InChI is InChI=1S/C23H29FN6O2S/c1-3-10-33(31,32)30-19-9-4-15(12-18(19)24)20-11-14(2)22-21(28-20)13-26-23(29-22)27-17-7-5-16(25)6-8-17/h4,9,11-13,16-17,30H,3,5-8,10,25H2,1-2H3,(H,26,27,29)/t16-,17-. The fraction of sp³-hybridized carbons (Fsp3) is 0.435. The fourth-order valence-electron chi connectivity index (χ4n) is 4.09. The highest BCUT2D eigenvalue weighted by atomic mass is 32.2. The number of hydrogen-bond acceptors (Lipinski definition) is 7. The number of rotatable bonds is 7. The molecule has 4 rings (SSSR count). The molecule has 176 valence electrons. The highest BCUT2D eigenvalue weighted by Crippen LogP contribution is 2.28. The summed E-state index contributed by atoms with van der Waals surface area (Å²) in [6, 6.07) is 6.77. The van der Waals surface area contributed by atoms with Gasteiger partial charge in [-0.3, -0.25) is 4.72 Å². The molecule has 0 radical (unpaired) electrons. The first kappa shape index (κ1) is 23.3. The van der Waals surface area contributed by atoms with Gasteiger partial charge >= 0.3 is 0 Å². The van der Waals surface area contributed by atoms with Crippen molar-refractivity contribution in [1.82, 2.24) is 15.0 Å². The van der Waals surface area contributed by atoms with E-state index < -0.39 is 15.8 Å². The van der Waals surface area contributed by atoms with Crippen LogP contribution >= 0.6 is 0 Å². The number of aromatic nitrogens is 3. The molecule has 2 aromatic heterocycles. The summed E-state index contributed by atoms with van der Waals surface area (Å²) in [6.07, 6.45) is 6.09. The van der Waals surface area contributed by atoms with Gasteiger partial charge in [-0.15, -0.1) is 0 Å². The summed E-state index contributed by atoms with van der Waals surface area (Å²) < 4.78 is 40.8. The van der Waals surface area contributed by atoms with Crippen LogP contribution in [0.1, 0.15) is 44.6 Å². The smallest absolute Gasteiger partial charge is 0.232 e. The summed E-state index contributed by atoms with van der Waals surface area (Å²) in [5.41, 5.74) is 9.23. The molecular formula is C23H29FN6O2S. The van der Waals surface area contributed by atoms with Crippen molar-refractivity contribution in [2.24, 2.45) is 5.73 Å². The zero-order chi connectivity index (χ0) is 23.6. The lowest BCUT2D eigenvalue weighted by atomic mass is 9.92. The highest BCUT2D eigenvalue weighted by Gasteiger charge is 2.19. The van der Waals surface area contributed by atoms with Crippen LogP contribution in [-0.4, -0.2) is 41.2 Å². The van der Waals surface area contributed by atoms with E-state index in [1.54, 1.807) is 19.2 Å². The second-order valence-corrected chi connectivity index (χ2v) is 10.5. The van der Waals surface area contributed by atoms with Crippen molar-refractivity contribution in [3.05, 3.63) is 41.8 Å². The Morgan fingerprint density at radius 1 is 1.15 bits per heavy atom. The number of halogens is 1. The van der Waals surface area contributed by atoms with Crippen molar-refractivity contribution in [3.8, 4) is 11.3 Å². The minimum Gasteiger partial charge on any atom is -0.351 e. The van der Waals surface area contributed by atoms with Crippen LogP contribution in [0.25, 0.3) is 22.3 Å². The second-order valence-electron chi connectivity index (χ2n) is 8.62. The molecule has 1 saturated carbocycles. The number of nitrogens with two attached hydrogens (primary N) is 1. The van der Waals surface area contributed by atoms with Gasteiger partial charge in [0.05, 0.1) is 28.8 Å². The van der Waals surface area contributed by atoms with Crippen LogP contribution in [0.2, 0.25) is 0 Å². The van der Waals surface area contributed by atoms with Gasteiger partial charge in [-0.25, -0.2) is 27.8 Å². The predicted molar refractivity (Wildman–Crippen MR) is 129 cm³/mol. The normalized spacial score (nSPS) is 18.9. The van der Waals surface area contributed by atoms with Crippen molar-refractivity contribution in [2.75, 3.05) is 15.8 Å². The zero-order valence-electron chi connectivity index (χ0n) is 18.8. The average molecular weight is 473 g/mol. The maximum atomic E-state index is 14.6. The molecule has 0 bridgehead atoms. The summed E-state index contributed by atoms with van der Waals surface area (Å²) >= 11 is 0. The molecule has 3 aromatic rings. The Kier molecular flexibility index (Phi) is 6.76. The Morgan fingerprint density at radius 3 is 2.61 bits per heavy atom. The molecule has 0 amide bonds. The first-order valence-electron chi connectivity index (χ1n) is 11.2. The van der Waals surface area contributed by atoms with Gasteiger partial charge in [-0.2, -0.15) is 0 Å². The van der Waals surface area contributed by atoms with Crippen LogP contribution < -0.4 is 15.8 Å². The van der Waals surface area contributed by atoms with E-state index in [9.17, 15) is 12.8 Å². The van der Waals surface area contributed by atoms with Crippen molar-refractivity contribution in [1.29, 1.82) is 0 Å². The Labute approximate surface area is 193 Å². The highest BCUT2D eigenvalue weighted by molar-refractivity contribution is 7.92. The van der Waals surface area contributed by atoms with Crippen molar-refractivity contribution in [2.45, 2.75) is 58.0 Å². The molecule has 1 aromatic carbocycles. The molecule has 2 heterocycles. The fourth-order valence-corrected chi connectivity index (χ4v) is 5.23. The maximum Gasteiger partial charge on any atom is 0.232 e. The van der Waals surface area contributed by atoms with Crippen LogP contribution in [-0.2, 0) is 10.0 Å². The monoisotopic (exact) mass is 472 g/mol. The van der Waals surface area contributed by atoms with Crippen molar-refractivity contribution < 1.29 is 12.8 Å². The number of nitrogens with zero attached hydrogens (tertiary/aromatic N) is 3. The van der Waals surface area contributed by atoms with Gasteiger partial charge in [-0.1, -0.05) is 13.0 Å². The molecule has 0 aliphatic heterocycles. The number of fused-ring (bicyclic) bond motifs is 1. The Morgan fingerprint density at radius 2 is 1.91 bits per heavy atom. The number of benzene rings is 1. The molecule has 0 unspecified atom stereocenters. The molecular weight excluding hydrogens is 443 g/mol. The first-order chi connectivity index (χ1) is 15.7. The summed E-state index contributed by atoms with van der Waals surface area (Å²) in [6.45, 7) is 3.68. The minimum atomic E-state index is -3.57. The number of hydrogen-bond donors (Lipinski definition) is 3. The first-order valence-corrected chi connectivity index (χ1v) is 12.9. The summed E-state index contributed by atoms with van der Waals surface area (Å²) in [5, 5.41) is 3.40. The lowest BCUT2D eigenvalue weighted by Gasteiger charge is -2.26. The molecule has 0 atom stereocenters. The number of aryl methyl sites for hydroxylation is 1. The summed E-state index contributed by atoms with van der Waals surface area (Å²) in [4.78, 5) is 13.7. The number of anilines is 2. The molecule has 0 spiro atoms. The van der Waals surface area contributed by atoms with E-state index in [0.717, 1.165) is 36.8 Å². The number of sulfonamides is 1. The number of nitrogens with one attached hydrogen (secondary N) is 2. The van der Waals surface area contributed by atoms with E-state index in [4.69, 9.17) is 5.73 Å². The lowest BCUT2D eigenvalue weighted by molar-refractivity contribution is 0.410. The second kappa shape index (κ2) is 9.56. The third kappa shape index (κ3) is 5.56. The number of pyridine rings is 1. The van der Waals surface area contributed by atoms with E-state index in [1.807, 2.05) is 13.0 Å². The third-order valence-electron chi connectivity index (χ3n) is 5.85. The average Bonchev–Trinajstić information content (AvgIpc) is 2.77. The molecule has 1 aliphatic rings. The van der Waals surface area contributed by atoms with Gasteiger partial charge in [0.2, 0.25) is 16.0 Å². The Balaban J connectivity index is 1.57. The molecule has 10 heteroatoms. The quantitative estimate of drug-likeness (QED) is 0.475. The molecule has 8 nitrogen and oxygen atoms in total. The van der Waals surface area contributed by atoms with Crippen LogP contribution in [0.3, 0.4) is 0 Å². The van der Waals surface area contributed by atoms with Gasteiger partial charge in [0.15, 0.2) is 0 Å². The van der Waals surface area contributed by atoms with Crippen LogP contribution in [0.4, 0.5) is 16.0 Å². The van der Waals surface area contributed by atoms with Crippen molar-refractivity contribution in [3.63, 3.8) is 0 Å². The Hall–Kier alpha value is -2.85. The molecule has 1 aliphatic carbocycles. The van der Waals surface area contributed by atoms with Gasteiger partial charge in [-0.05, 0) is 62.8 Å². The van der Waals surface area contributed by atoms with Gasteiger partial charge in [0.25, 0.3) is 0 Å². The van der Waals surface area contributed by atoms with E-state index in [-0.39, 0.29) is 17.5 Å². The largest absolute Gasteiger partial charge is 0.351 e. The van der Waals surface area contributed by atoms with Gasteiger partial charge < -0.3 is 11.1 Å². The van der Waals surface area contributed by atoms with Gasteiger partial charge in [0, 0.05) is 17.6 Å². The molecule has 1 fully saturated rings. The van der Waals surface area contributed by atoms with Crippen LogP contribution in [0, 0.1) is 12.7 Å². The summed E-state index contributed by atoms with van der Waals surface area (Å²) in [7, 11) is -3.57. The SMILES string of the molecule is CCCS(=O)(=O)Nc1ccc(-c2cc(C)c3nc(N[C@H]4CC[C@H](N)CC4)ncc3n2)cc1F. The third-order valence-corrected chi connectivity index (χ3v) is 7.32. The Bertz CT molecular complexity index is 1260. The van der Waals surface area contributed by atoms with E-state index in [2.05, 4.69) is 25.0 Å². The minimum absolute atomic E-state index is 0.0647. The molecule has 33 heavy (non-hydrogen) atoms. The zero-order valence-corrected chi connectivity index (χ0v) is 19.6. The van der Waals surface area contributed by atoms with Crippen LogP contribution in [0.5, 0.6) is 0 Å². The van der Waals surface area contributed by atoms with E-state index >= 15 is 0 Å². The predicted octanol–water partition coefficient (Wildman–Crippen LogP) is 3.97. The molecule has 4 N–H and O–H groups in total. The summed E-state index contributed by atoms with van der Waals surface area (Å²) in [5.74, 6) is -0.157. The van der Waals surface area contributed by atoms with Crippen molar-refractivity contribution >= 4 is 32.7 Å². The topological polar surface area (TPSA) is 123 Å². The van der Waals surface area contributed by atoms with E-state index in [1.165, 1.54) is 12.1 Å². The van der Waals surface area contributed by atoms with E-state index in [0.29, 0.717) is 35.2 Å². The lowest BCUT2D eigenvalue weighted by Crippen LogP contribution is -2.33. The maximum absolute atomic E-state index is 14.6.